The normalized spacial score (nSPS) is 11.8. The van der Waals surface area contributed by atoms with E-state index in [1.54, 1.807) is 19.2 Å². The monoisotopic (exact) mass is 350 g/mol. The molecule has 0 radical (unpaired) electrons. The van der Waals surface area contributed by atoms with Crippen LogP contribution in [0.4, 0.5) is 5.69 Å². The Morgan fingerprint density at radius 3 is 2.54 bits per heavy atom. The fourth-order valence-electron chi connectivity index (χ4n) is 2.71. The van der Waals surface area contributed by atoms with Crippen molar-refractivity contribution in [1.29, 1.82) is 0 Å². The van der Waals surface area contributed by atoms with Crippen molar-refractivity contribution in [3.63, 3.8) is 0 Å². The van der Waals surface area contributed by atoms with Crippen molar-refractivity contribution in [2.75, 3.05) is 12.4 Å². The Morgan fingerprint density at radius 2 is 1.88 bits per heavy atom. The zero-order chi connectivity index (χ0) is 18.4. The molecule has 3 aromatic rings. The van der Waals surface area contributed by atoms with Gasteiger partial charge in [0.05, 0.1) is 18.7 Å². The van der Waals surface area contributed by atoms with Gasteiger partial charge in [0.15, 0.2) is 0 Å². The first-order chi connectivity index (χ1) is 12.7. The molecule has 7 nitrogen and oxygen atoms in total. The largest absolute Gasteiger partial charge is 0.495 e. The first-order valence-corrected chi connectivity index (χ1v) is 8.41. The Labute approximate surface area is 151 Å². The average molecular weight is 350 g/mol. The van der Waals surface area contributed by atoms with Crippen LogP contribution in [0.25, 0.3) is 0 Å². The maximum atomic E-state index is 12.9. The number of aromatic nitrogens is 4. The predicted octanol–water partition coefficient (Wildman–Crippen LogP) is 2.36. The molecule has 1 atom stereocenters. The number of nitrogens with zero attached hydrogens (tertiary/aromatic N) is 4. The maximum absolute atomic E-state index is 12.9. The van der Waals surface area contributed by atoms with E-state index >= 15 is 0 Å². The minimum Gasteiger partial charge on any atom is -0.495 e. The van der Waals surface area contributed by atoms with E-state index in [0.29, 0.717) is 23.7 Å². The molecule has 0 bridgehead atoms. The summed E-state index contributed by atoms with van der Waals surface area (Å²) in [5, 5.41) is 17.7. The van der Waals surface area contributed by atoms with Crippen LogP contribution in [-0.4, -0.2) is 28.5 Å². The summed E-state index contributed by atoms with van der Waals surface area (Å²) in [6.45, 7) is 2.10. The molecular formula is C19H20N5O2-. The first kappa shape index (κ1) is 17.6. The quantitative estimate of drug-likeness (QED) is 0.703. The van der Waals surface area contributed by atoms with Crippen LogP contribution < -0.4 is 15.2 Å². The van der Waals surface area contributed by atoms with Gasteiger partial charge in [-0.05, 0) is 36.1 Å². The third-order valence-electron chi connectivity index (χ3n) is 4.20. The van der Waals surface area contributed by atoms with E-state index < -0.39 is 5.92 Å². The molecule has 2 aromatic carbocycles. The van der Waals surface area contributed by atoms with Crippen LogP contribution in [0.5, 0.6) is 5.75 Å². The molecule has 0 saturated heterocycles. The highest BCUT2D eigenvalue weighted by molar-refractivity contribution is 5.96. The van der Waals surface area contributed by atoms with E-state index in [2.05, 4.69) is 45.0 Å². The molecule has 0 aliphatic rings. The highest BCUT2D eigenvalue weighted by Crippen LogP contribution is 2.26. The van der Waals surface area contributed by atoms with Gasteiger partial charge in [0, 0.05) is 5.82 Å². The van der Waals surface area contributed by atoms with Gasteiger partial charge < -0.3 is 15.2 Å². The Bertz CT molecular complexity index is 847. The van der Waals surface area contributed by atoms with Crippen molar-refractivity contribution in [3.05, 3.63) is 65.5 Å². The molecule has 1 aromatic heterocycles. The molecule has 26 heavy (non-hydrogen) atoms. The highest BCUT2D eigenvalue weighted by atomic mass is 16.5. The van der Waals surface area contributed by atoms with E-state index in [1.807, 2.05) is 24.3 Å². The Hall–Kier alpha value is -3.22. The average Bonchev–Trinajstić information content (AvgIpc) is 3.21. The second-order valence-electron chi connectivity index (χ2n) is 5.85. The standard InChI is InChI=1S/C19H21N5O2/c1-3-13-8-10-14(11-9-13)12-15(18-21-23-24-22-18)19(25)20-16-6-4-5-7-17(16)26-2/h4-11,15H,3,12H2,1-2H3,(H2,20,21,22,23,24,25)/p-1/t15-/m0/s1. The molecule has 3 rings (SSSR count). The van der Waals surface area contributed by atoms with E-state index in [-0.39, 0.29) is 5.91 Å². The summed E-state index contributed by atoms with van der Waals surface area (Å²) >= 11 is 0. The smallest absolute Gasteiger partial charge is 0.232 e. The molecule has 0 aliphatic heterocycles. The van der Waals surface area contributed by atoms with Crippen LogP contribution in [0.1, 0.15) is 29.8 Å². The van der Waals surface area contributed by atoms with Crippen LogP contribution in [0, 0.1) is 0 Å². The van der Waals surface area contributed by atoms with Crippen LogP contribution in [0.3, 0.4) is 0 Å². The number of para-hydroxylation sites is 2. The lowest BCUT2D eigenvalue weighted by atomic mass is 9.96. The molecule has 7 heteroatoms. The van der Waals surface area contributed by atoms with Gasteiger partial charge in [0.25, 0.3) is 0 Å². The second-order valence-corrected chi connectivity index (χ2v) is 5.85. The zero-order valence-corrected chi connectivity index (χ0v) is 14.7. The van der Waals surface area contributed by atoms with Gasteiger partial charge in [-0.3, -0.25) is 15.1 Å². The minimum atomic E-state index is -0.595. The number of aryl methyl sites for hydroxylation is 1. The van der Waals surface area contributed by atoms with Crippen molar-refractivity contribution < 1.29 is 9.53 Å². The molecular weight excluding hydrogens is 330 g/mol. The third kappa shape index (κ3) is 4.05. The number of ether oxygens (including phenoxy) is 1. The lowest BCUT2D eigenvalue weighted by molar-refractivity contribution is -0.117. The number of hydrogen-bond acceptors (Lipinski definition) is 5. The van der Waals surface area contributed by atoms with Gasteiger partial charge in [-0.25, -0.2) is 0 Å². The van der Waals surface area contributed by atoms with Crippen molar-refractivity contribution in [3.8, 4) is 5.75 Å². The lowest BCUT2D eigenvalue weighted by Gasteiger charge is -2.18. The number of nitrogens with one attached hydrogen (secondary N) is 1. The van der Waals surface area contributed by atoms with Crippen LogP contribution >= 0.6 is 0 Å². The molecule has 1 heterocycles. The molecule has 0 spiro atoms. The Kier molecular flexibility index (Phi) is 5.58. The summed E-state index contributed by atoms with van der Waals surface area (Å²) in [4.78, 5) is 12.9. The summed E-state index contributed by atoms with van der Waals surface area (Å²) in [6, 6.07) is 15.4. The SMILES string of the molecule is CCc1ccc(C[C@H](C(=O)Nc2ccccc2OC)c2nnn[n-]2)cc1. The summed E-state index contributed by atoms with van der Waals surface area (Å²) in [7, 11) is 1.56. The fourth-order valence-corrected chi connectivity index (χ4v) is 2.71. The number of carbonyl (C=O) groups is 1. The molecule has 0 aliphatic carbocycles. The van der Waals surface area contributed by atoms with Gasteiger partial charge in [0.1, 0.15) is 5.75 Å². The number of tetrazole rings is 1. The number of amides is 1. The van der Waals surface area contributed by atoms with E-state index in [4.69, 9.17) is 4.74 Å². The van der Waals surface area contributed by atoms with Crippen LogP contribution in [0.2, 0.25) is 0 Å². The molecule has 0 unspecified atom stereocenters. The summed E-state index contributed by atoms with van der Waals surface area (Å²) in [5.74, 6) is 0.0646. The van der Waals surface area contributed by atoms with Gasteiger partial charge in [0.2, 0.25) is 5.91 Å². The molecule has 0 fully saturated rings. The topological polar surface area (TPSA) is 91.1 Å². The molecule has 134 valence electrons. The van der Waals surface area contributed by atoms with Gasteiger partial charge in [-0.15, -0.1) is 0 Å². The molecule has 0 saturated carbocycles. The summed E-state index contributed by atoms with van der Waals surface area (Å²) in [5.41, 5.74) is 2.86. The second kappa shape index (κ2) is 8.24. The van der Waals surface area contributed by atoms with Crippen molar-refractivity contribution in [2.45, 2.75) is 25.7 Å². The third-order valence-corrected chi connectivity index (χ3v) is 4.20. The zero-order valence-electron chi connectivity index (χ0n) is 14.7. The highest BCUT2D eigenvalue weighted by Gasteiger charge is 2.22. The number of hydrogen-bond donors (Lipinski definition) is 1. The minimum absolute atomic E-state index is 0.233. The number of methoxy groups -OCH3 is 1. The van der Waals surface area contributed by atoms with Crippen molar-refractivity contribution in [2.24, 2.45) is 0 Å². The first-order valence-electron chi connectivity index (χ1n) is 8.41. The van der Waals surface area contributed by atoms with E-state index in [0.717, 1.165) is 12.0 Å². The number of benzene rings is 2. The Balaban J connectivity index is 1.82. The molecule has 1 N–H and O–H groups in total. The van der Waals surface area contributed by atoms with Crippen LogP contribution in [-0.2, 0) is 17.6 Å². The predicted molar refractivity (Wildman–Crippen MR) is 97.0 cm³/mol. The van der Waals surface area contributed by atoms with Gasteiger partial charge in [-0.1, -0.05) is 43.3 Å². The number of carbonyl (C=O) groups excluding carboxylic acids is 1. The van der Waals surface area contributed by atoms with Crippen molar-refractivity contribution in [1.82, 2.24) is 20.6 Å². The Morgan fingerprint density at radius 1 is 1.15 bits per heavy atom. The fraction of sp³-hybridized carbons (Fsp3) is 0.263. The lowest BCUT2D eigenvalue weighted by Crippen LogP contribution is -2.24. The molecule has 1 amide bonds. The van der Waals surface area contributed by atoms with Crippen LogP contribution in [0.15, 0.2) is 48.5 Å². The number of anilines is 1. The van der Waals surface area contributed by atoms with Gasteiger partial charge >= 0.3 is 0 Å². The van der Waals surface area contributed by atoms with Crippen molar-refractivity contribution >= 4 is 11.6 Å². The maximum Gasteiger partial charge on any atom is 0.232 e. The van der Waals surface area contributed by atoms with Gasteiger partial charge in [-0.2, -0.15) is 5.21 Å². The summed E-state index contributed by atoms with van der Waals surface area (Å²) in [6.07, 6.45) is 1.43. The summed E-state index contributed by atoms with van der Waals surface area (Å²) < 4.78 is 5.29. The number of rotatable bonds is 7. The van der Waals surface area contributed by atoms with E-state index in [9.17, 15) is 4.79 Å². The van der Waals surface area contributed by atoms with E-state index in [1.165, 1.54) is 5.56 Å².